The van der Waals surface area contributed by atoms with Gasteiger partial charge in [-0.1, -0.05) is 143 Å². The number of phenols is 3. The molecule has 13 aromatic rings. The van der Waals surface area contributed by atoms with Gasteiger partial charge in [-0.25, -0.2) is 9.59 Å². The van der Waals surface area contributed by atoms with E-state index in [1.807, 2.05) is 54.6 Å². The topological polar surface area (TPSA) is 221 Å². The second-order valence-electron chi connectivity index (χ2n) is 24.3. The molecule has 0 radical (unpaired) electrons. The predicted octanol–water partition coefficient (Wildman–Crippen LogP) is 21.6. The number of fused-ring (bicyclic) bond motifs is 3. The summed E-state index contributed by atoms with van der Waals surface area (Å²) >= 11 is 6.03. The van der Waals surface area contributed by atoms with Gasteiger partial charge in [0.15, 0.2) is 17.3 Å². The van der Waals surface area contributed by atoms with Gasteiger partial charge in [0.05, 0.1) is 34.2 Å². The number of nitrogens with zero attached hydrogens (tertiary/aromatic N) is 6. The van der Waals surface area contributed by atoms with Gasteiger partial charge in [0.25, 0.3) is 0 Å². The Morgan fingerprint density at radius 3 is 1.45 bits per heavy atom. The highest BCUT2D eigenvalue weighted by molar-refractivity contribution is 7.58. The standard InChI is InChI=1S/C80H66N6O10S4/c1-3-5-7-12-20-52-43-65(49-30-37-58(38-31-49)85(54-22-14-9-15-23-54)55-24-16-10-17-25-55)97-77(52)68-70-72(83-99-81-70)69(73-71(68)82-100-84-73)78-53(21-13-8-6-4-2)44-66(98-78)50-32-39-59(40-33-50)86(56-26-18-11-19-27-56)57-35-28-48(29-36-57)47-94-79(92)80(93)96-64-46-60(87)45-63-67(64)74(90)75(91)76(95-63)51-34-41-61(88)62(89)42-51/h9-11,14-19,22-46,87-89,91H,3-8,12-13,20-21,47H2,1-2H3. The molecule has 5 heterocycles. The molecule has 0 atom stereocenters. The molecule has 0 saturated carbocycles. The molecule has 1 aliphatic rings. The lowest BCUT2D eigenvalue weighted by atomic mass is 9.95. The molecule has 4 aromatic heterocycles. The maximum Gasteiger partial charge on any atom is 0.422 e. The predicted molar refractivity (Wildman–Crippen MR) is 402 cm³/mol. The van der Waals surface area contributed by atoms with Crippen LogP contribution in [0.15, 0.2) is 224 Å². The van der Waals surface area contributed by atoms with Crippen molar-refractivity contribution in [3.63, 3.8) is 0 Å². The van der Waals surface area contributed by atoms with E-state index in [1.54, 1.807) is 34.8 Å². The van der Waals surface area contributed by atoms with Crippen LogP contribution in [0.3, 0.4) is 0 Å². The Labute approximate surface area is 592 Å². The second kappa shape index (κ2) is 29.6. The molecule has 20 heteroatoms. The molecule has 0 saturated heterocycles. The third kappa shape index (κ3) is 13.7. The number of esters is 2. The number of unbranched alkanes of at least 4 members (excludes halogenated alkanes) is 6. The summed E-state index contributed by atoms with van der Waals surface area (Å²) in [6, 6.07) is 65.9. The van der Waals surface area contributed by atoms with Gasteiger partial charge in [-0.2, -0.15) is 17.5 Å². The summed E-state index contributed by atoms with van der Waals surface area (Å²) in [7, 11) is 0. The van der Waals surface area contributed by atoms with E-state index in [2.05, 4.69) is 133 Å². The number of aryl methyl sites for hydroxylation is 2. The van der Waals surface area contributed by atoms with E-state index in [9.17, 15) is 34.8 Å². The first-order valence-electron chi connectivity index (χ1n) is 33.1. The Morgan fingerprint density at radius 2 is 0.970 bits per heavy atom. The number of rotatable bonds is 24. The molecular weight excluding hydrogens is 1330 g/mol. The second-order valence-corrected chi connectivity index (χ2v) is 27.4. The highest BCUT2D eigenvalue weighted by Crippen LogP contribution is 2.57. The number of phenolic OH excluding ortho intramolecular Hbond substituents is 3. The van der Waals surface area contributed by atoms with Crippen molar-refractivity contribution in [1.29, 1.82) is 0 Å². The summed E-state index contributed by atoms with van der Waals surface area (Å²) in [6.07, 6.45) is 10.8. The third-order valence-electron chi connectivity index (χ3n) is 17.6. The van der Waals surface area contributed by atoms with Crippen LogP contribution in [0.25, 0.3) is 75.1 Å². The van der Waals surface area contributed by atoms with E-state index in [1.165, 1.54) is 56.5 Å². The molecule has 0 amide bonds. The molecule has 4 N–H and O–H groups in total. The van der Waals surface area contributed by atoms with E-state index in [-0.39, 0.29) is 17.8 Å². The molecule has 0 bridgehead atoms. The fourth-order valence-electron chi connectivity index (χ4n) is 12.6. The fourth-order valence-corrected chi connectivity index (χ4v) is 16.2. The zero-order chi connectivity index (χ0) is 68.8. The van der Waals surface area contributed by atoms with E-state index >= 15 is 0 Å². The highest BCUT2D eigenvalue weighted by atomic mass is 32.1. The van der Waals surface area contributed by atoms with Crippen LogP contribution in [-0.2, 0) is 45.1 Å². The van der Waals surface area contributed by atoms with Gasteiger partial charge in [0, 0.05) is 71.3 Å². The lowest BCUT2D eigenvalue weighted by Gasteiger charge is -2.25. The quantitative estimate of drug-likeness (QED) is 0.0145. The highest BCUT2D eigenvalue weighted by Gasteiger charge is 2.32. The Hall–Kier alpha value is -11.0. The van der Waals surface area contributed by atoms with Crippen LogP contribution in [0.5, 0.6) is 28.7 Å². The van der Waals surface area contributed by atoms with Crippen molar-refractivity contribution in [1.82, 2.24) is 8.75 Å². The maximum absolute atomic E-state index is 13.5. The molecule has 0 spiro atoms. The van der Waals surface area contributed by atoms with Crippen LogP contribution in [0, 0.1) is 0 Å². The molecule has 0 fully saturated rings. The zero-order valence-electron chi connectivity index (χ0n) is 54.5. The average molecular weight is 1400 g/mol. The van der Waals surface area contributed by atoms with E-state index < -0.39 is 57.3 Å². The molecule has 0 aliphatic carbocycles. The van der Waals surface area contributed by atoms with Gasteiger partial charge in [0.1, 0.15) is 51.5 Å². The first-order valence-corrected chi connectivity index (χ1v) is 36.2. The van der Waals surface area contributed by atoms with E-state index in [0.29, 0.717) is 5.56 Å². The van der Waals surface area contributed by atoms with Crippen molar-refractivity contribution in [3.05, 3.63) is 233 Å². The molecule has 1 aliphatic heterocycles. The minimum absolute atomic E-state index is 0.0194. The number of aromatic hydroxyl groups is 4. The van der Waals surface area contributed by atoms with Gasteiger partial charge in [-0.15, -0.1) is 22.7 Å². The molecule has 16 nitrogen and oxygen atoms in total. The molecular formula is C80H66N6O10S4. The first-order chi connectivity index (χ1) is 48.9. The zero-order valence-corrected chi connectivity index (χ0v) is 57.7. The summed E-state index contributed by atoms with van der Waals surface area (Å²) in [5.74, 6) is -6.29. The largest absolute Gasteiger partial charge is 0.508 e. The Morgan fingerprint density at radius 1 is 0.500 bits per heavy atom. The van der Waals surface area contributed by atoms with Gasteiger partial charge >= 0.3 is 11.9 Å². The lowest BCUT2D eigenvalue weighted by Crippen LogP contribution is -2.23. The maximum atomic E-state index is 13.5. The summed E-state index contributed by atoms with van der Waals surface area (Å²) in [4.78, 5) is 48.9. The summed E-state index contributed by atoms with van der Waals surface area (Å²) < 4.78 is 37.0. The van der Waals surface area contributed by atoms with Crippen molar-refractivity contribution in [2.45, 2.75) is 84.7 Å². The number of hydrogen-bond acceptors (Lipinski definition) is 19. The molecule has 0 unspecified atom stereocenters. The van der Waals surface area contributed by atoms with Crippen molar-refractivity contribution in [2.24, 2.45) is 8.73 Å². The molecule has 100 heavy (non-hydrogen) atoms. The third-order valence-corrected chi connectivity index (χ3v) is 21.1. The normalized spacial score (nSPS) is 11.7. The first kappa shape index (κ1) is 66.2. The minimum Gasteiger partial charge on any atom is -0.508 e. The van der Waals surface area contributed by atoms with Crippen molar-refractivity contribution in [2.75, 3.05) is 9.80 Å². The lowest BCUT2D eigenvalue weighted by molar-refractivity contribution is -0.163. The van der Waals surface area contributed by atoms with Crippen LogP contribution >= 0.6 is 34.4 Å². The van der Waals surface area contributed by atoms with Crippen molar-refractivity contribution >= 4 is 125 Å². The van der Waals surface area contributed by atoms with Crippen LogP contribution in [0.1, 0.15) is 81.9 Å². The number of hydrogen-bond donors (Lipinski definition) is 4. The number of benzene rings is 9. The van der Waals surface area contributed by atoms with Gasteiger partial charge < -0.3 is 44.1 Å². The van der Waals surface area contributed by atoms with Crippen molar-refractivity contribution in [3.8, 4) is 81.8 Å². The van der Waals surface area contributed by atoms with Crippen LogP contribution in [0.4, 0.5) is 45.5 Å². The number of thiophene rings is 2. The molecule has 500 valence electrons. The molecule has 9 aromatic carbocycles. The smallest absolute Gasteiger partial charge is 0.422 e. The van der Waals surface area contributed by atoms with E-state index in [0.717, 1.165) is 171 Å². The van der Waals surface area contributed by atoms with Gasteiger partial charge in [-0.05, 0) is 157 Å². The summed E-state index contributed by atoms with van der Waals surface area (Å²) in [6.45, 7) is 4.17. The number of para-hydroxylation sites is 3. The number of carbonyl (C=O) groups excluding carboxylic acids is 2. The Kier molecular flexibility index (Phi) is 19.6. The monoisotopic (exact) mass is 1400 g/mol. The molecule has 14 rings (SSSR count). The summed E-state index contributed by atoms with van der Waals surface area (Å²) in [5.41, 5.74) is 15.1. The SMILES string of the molecule is CCCCCCc1cc(-c2ccc(N(c3ccccc3)c3ccccc3)cc2)sc1-c1c2c(c(-c3sc(-c4ccc(N(c5ccccc5)c5ccc(COC(=O)C(=O)Oc6cc(O)cc7oc(-c8ccc(O)c(O)c8)c(O)c(=O)c67)cc5)cc4)cc3CCCCCC)c3nsnc13)N=S=N2. The van der Waals surface area contributed by atoms with E-state index in [4.69, 9.17) is 31.4 Å². The Bertz CT molecular complexity index is 5270. The minimum atomic E-state index is -1.51. The van der Waals surface area contributed by atoms with Crippen LogP contribution < -0.4 is 20.0 Å². The fraction of sp³-hybridized carbons (Fsp3) is 0.163. The average Bonchev–Trinajstić information content (AvgIpc) is 1.57. The number of carbonyl (C=O) groups is 2. The van der Waals surface area contributed by atoms with Gasteiger partial charge in [0.2, 0.25) is 11.2 Å². The van der Waals surface area contributed by atoms with Crippen LogP contribution in [-0.4, -0.2) is 41.1 Å². The summed E-state index contributed by atoms with van der Waals surface area (Å²) in [5, 5.41) is 40.7. The van der Waals surface area contributed by atoms with Gasteiger partial charge in [-0.3, -0.25) is 4.79 Å². The number of ether oxygens (including phenoxy) is 2. The number of aromatic nitrogens is 2. The van der Waals surface area contributed by atoms with Crippen molar-refractivity contribution < 1.29 is 43.9 Å². The number of anilines is 6. The van der Waals surface area contributed by atoms with Crippen LogP contribution in [0.2, 0.25) is 0 Å². The Balaban J connectivity index is 0.734.